The number of amides is 2. The van der Waals surface area contributed by atoms with Gasteiger partial charge in [0.2, 0.25) is 11.8 Å². The average molecular weight is 572 g/mol. The van der Waals surface area contributed by atoms with Crippen LogP contribution in [-0.2, 0) is 28.0 Å². The number of fused-ring (bicyclic) bond motifs is 13. The lowest BCUT2D eigenvalue weighted by Gasteiger charge is -2.29. The van der Waals surface area contributed by atoms with Gasteiger partial charge in [-0.2, -0.15) is 11.8 Å². The van der Waals surface area contributed by atoms with Gasteiger partial charge in [0.25, 0.3) is 0 Å². The number of rotatable bonds is 9. The summed E-state index contributed by atoms with van der Waals surface area (Å²) >= 11 is 1.60. The van der Waals surface area contributed by atoms with Gasteiger partial charge >= 0.3 is 0 Å². The Labute approximate surface area is 241 Å². The molecule has 2 amide bonds. The summed E-state index contributed by atoms with van der Waals surface area (Å²) in [5.41, 5.74) is 2.93. The van der Waals surface area contributed by atoms with E-state index in [1.54, 1.807) is 23.9 Å². The number of thioether (sulfide) groups is 1. The van der Waals surface area contributed by atoms with Crippen molar-refractivity contribution < 1.29 is 23.8 Å². The van der Waals surface area contributed by atoms with Gasteiger partial charge in [-0.15, -0.1) is 0 Å². The third-order valence-electron chi connectivity index (χ3n) is 7.85. The molecule has 2 heterocycles. The van der Waals surface area contributed by atoms with Crippen molar-refractivity contribution in [2.75, 3.05) is 25.2 Å². The minimum absolute atomic E-state index is 0.158. The molecule has 3 aliphatic rings. The van der Waals surface area contributed by atoms with Crippen LogP contribution in [0.25, 0.3) is 0 Å². The van der Waals surface area contributed by atoms with Crippen molar-refractivity contribution in [2.24, 2.45) is 0 Å². The molecule has 2 aliphatic heterocycles. The number of aryl methyl sites for hydroxylation is 1. The predicted molar refractivity (Wildman–Crippen MR) is 157 cm³/mol. The van der Waals surface area contributed by atoms with Crippen molar-refractivity contribution in [1.29, 1.82) is 0 Å². The van der Waals surface area contributed by atoms with Gasteiger partial charge in [-0.3, -0.25) is 9.59 Å². The first-order valence-electron chi connectivity index (χ1n) is 14.4. The highest BCUT2D eigenvalue weighted by atomic mass is 32.2. The molecule has 2 aromatic carbocycles. The Morgan fingerprint density at radius 1 is 1.18 bits per heavy atom. The second-order valence-corrected chi connectivity index (χ2v) is 11.9. The van der Waals surface area contributed by atoms with Crippen LogP contribution in [0.2, 0.25) is 0 Å². The van der Waals surface area contributed by atoms with Crippen LogP contribution in [0.4, 0.5) is 4.39 Å². The fourth-order valence-electron chi connectivity index (χ4n) is 5.17. The normalized spacial score (nSPS) is 22.2. The van der Waals surface area contributed by atoms with E-state index in [1.165, 1.54) is 17.2 Å². The summed E-state index contributed by atoms with van der Waals surface area (Å²) in [5, 5.41) is 20.8. The number of hydrogen-bond acceptors (Lipinski definition) is 6. The number of aliphatic hydroxyl groups excluding tert-OH is 1. The van der Waals surface area contributed by atoms with Gasteiger partial charge in [0.05, 0.1) is 18.8 Å². The zero-order valence-corrected chi connectivity index (χ0v) is 24.3. The van der Waals surface area contributed by atoms with Crippen LogP contribution in [0.15, 0.2) is 42.5 Å². The van der Waals surface area contributed by atoms with E-state index in [0.29, 0.717) is 37.2 Å². The molecule has 1 aliphatic carbocycles. The summed E-state index contributed by atoms with van der Waals surface area (Å²) < 4.78 is 20.4. The summed E-state index contributed by atoms with van der Waals surface area (Å²) in [6, 6.07) is 11.9. The monoisotopic (exact) mass is 571 g/mol. The van der Waals surface area contributed by atoms with Crippen LogP contribution in [0.1, 0.15) is 62.1 Å². The van der Waals surface area contributed by atoms with Crippen molar-refractivity contribution in [3.05, 3.63) is 65.0 Å². The highest BCUT2D eigenvalue weighted by Crippen LogP contribution is 2.45. The summed E-state index contributed by atoms with van der Waals surface area (Å²) in [4.78, 5) is 26.0. The number of halogens is 1. The molecule has 4 N–H and O–H groups in total. The lowest BCUT2D eigenvalue weighted by molar-refractivity contribution is -0.130. The fraction of sp³-hybridized carbons (Fsp3) is 0.548. The highest BCUT2D eigenvalue weighted by molar-refractivity contribution is 7.98. The summed E-state index contributed by atoms with van der Waals surface area (Å²) in [5.74, 6) is -0.161. The van der Waals surface area contributed by atoms with Crippen molar-refractivity contribution in [3.8, 4) is 5.75 Å². The predicted octanol–water partition coefficient (Wildman–Crippen LogP) is 3.86. The number of carbonyl (C=O) groups excluding carboxylic acids is 2. The molecule has 40 heavy (non-hydrogen) atoms. The van der Waals surface area contributed by atoms with Crippen molar-refractivity contribution in [3.63, 3.8) is 0 Å². The summed E-state index contributed by atoms with van der Waals surface area (Å²) in [6.45, 7) is 2.69. The molecule has 3 atom stereocenters. The van der Waals surface area contributed by atoms with Crippen LogP contribution >= 0.6 is 11.8 Å². The van der Waals surface area contributed by atoms with E-state index in [9.17, 15) is 19.1 Å². The van der Waals surface area contributed by atoms with Gasteiger partial charge in [-0.05, 0) is 85.8 Å². The second-order valence-electron chi connectivity index (χ2n) is 10.9. The first kappa shape index (κ1) is 30.3. The molecule has 7 nitrogen and oxygen atoms in total. The number of hydrogen-bond donors (Lipinski definition) is 4. The Hall–Kier alpha value is -2.62. The van der Waals surface area contributed by atoms with Gasteiger partial charge in [0.15, 0.2) is 11.6 Å². The smallest absolute Gasteiger partial charge is 0.242 e. The molecule has 3 unspecified atom stereocenters. The van der Waals surface area contributed by atoms with E-state index in [0.717, 1.165) is 19.3 Å². The van der Waals surface area contributed by atoms with Crippen LogP contribution in [-0.4, -0.2) is 60.3 Å². The van der Waals surface area contributed by atoms with Gasteiger partial charge in [0, 0.05) is 18.5 Å². The minimum Gasteiger partial charge on any atom is -0.491 e. The molecule has 218 valence electrons. The quantitative estimate of drug-likeness (QED) is 0.365. The minimum atomic E-state index is -0.939. The molecule has 0 radical (unpaired) electrons. The van der Waals surface area contributed by atoms with E-state index in [4.69, 9.17) is 4.74 Å². The zero-order valence-electron chi connectivity index (χ0n) is 23.5. The molecule has 5 rings (SSSR count). The molecule has 0 aromatic heterocycles. The molecular formula is C31H42FN3O4S. The Bertz CT molecular complexity index is 1160. The fourth-order valence-corrected chi connectivity index (χ4v) is 5.64. The van der Waals surface area contributed by atoms with Gasteiger partial charge in [0.1, 0.15) is 6.04 Å². The Balaban J connectivity index is 1.53. The molecular weight excluding hydrogens is 529 g/mol. The average Bonchev–Trinajstić information content (AvgIpc) is 3.75. The number of aliphatic hydroxyl groups is 1. The molecule has 1 fully saturated rings. The highest BCUT2D eigenvalue weighted by Gasteiger charge is 2.44. The number of benzene rings is 2. The zero-order chi connectivity index (χ0) is 28.5. The third-order valence-corrected chi connectivity index (χ3v) is 8.49. The van der Waals surface area contributed by atoms with E-state index in [-0.39, 0.29) is 42.5 Å². The largest absolute Gasteiger partial charge is 0.491 e. The Morgan fingerprint density at radius 3 is 2.73 bits per heavy atom. The third kappa shape index (κ3) is 8.21. The van der Waals surface area contributed by atoms with E-state index >= 15 is 0 Å². The second kappa shape index (κ2) is 14.3. The van der Waals surface area contributed by atoms with Crippen LogP contribution in [0.5, 0.6) is 5.75 Å². The maximum Gasteiger partial charge on any atom is 0.242 e. The Kier molecular flexibility index (Phi) is 10.9. The SMILES string of the molecule is CCc1cccc(C2(NCC(O)C3Cc4ccc(c(F)c4)OCCCCC(=O)NC(CCSC)C(=O)N3)CC2)c1. The first-order chi connectivity index (χ1) is 19.3. The summed E-state index contributed by atoms with van der Waals surface area (Å²) in [7, 11) is 0. The molecule has 0 spiro atoms. The maximum absolute atomic E-state index is 14.8. The number of carbonyl (C=O) groups is 2. The lowest BCUT2D eigenvalue weighted by atomic mass is 9.98. The number of nitrogens with one attached hydrogen (secondary N) is 3. The van der Waals surface area contributed by atoms with Crippen LogP contribution < -0.4 is 20.7 Å². The van der Waals surface area contributed by atoms with E-state index in [1.807, 2.05) is 6.26 Å². The Morgan fingerprint density at radius 2 is 2.00 bits per heavy atom. The molecule has 0 saturated heterocycles. The van der Waals surface area contributed by atoms with Crippen LogP contribution in [0.3, 0.4) is 0 Å². The van der Waals surface area contributed by atoms with Gasteiger partial charge in [-0.25, -0.2) is 4.39 Å². The topological polar surface area (TPSA) is 99.7 Å². The molecule has 9 heteroatoms. The van der Waals surface area contributed by atoms with Gasteiger partial charge in [-0.1, -0.05) is 37.3 Å². The van der Waals surface area contributed by atoms with E-state index < -0.39 is 24.0 Å². The number of ether oxygens (including phenoxy) is 1. The first-order valence-corrected chi connectivity index (χ1v) is 15.8. The maximum atomic E-state index is 14.8. The molecule has 2 aromatic rings. The molecule has 1 saturated carbocycles. The summed E-state index contributed by atoms with van der Waals surface area (Å²) in [6.07, 6.45) is 6.04. The molecule has 2 bridgehead atoms. The van der Waals surface area contributed by atoms with Crippen molar-refractivity contribution in [1.82, 2.24) is 16.0 Å². The van der Waals surface area contributed by atoms with Crippen molar-refractivity contribution in [2.45, 2.75) is 82.0 Å². The van der Waals surface area contributed by atoms with Crippen LogP contribution in [0, 0.1) is 5.82 Å². The lowest BCUT2D eigenvalue weighted by Crippen LogP contribution is -2.55. The van der Waals surface area contributed by atoms with Gasteiger partial charge < -0.3 is 25.8 Å². The standard InChI is InChI=1S/C31H42FN3O4S/c1-3-21-7-6-8-23(17-21)31(13-14-31)33-20-27(36)26-19-22-10-11-28(24(32)18-22)39-15-5-4-9-29(37)34-25(12-16-40-2)30(38)35-26/h6-8,10-11,17-18,25-27,33,36H,3-5,9,12-16,19-20H2,1-2H3,(H,34,37)(H,35,38). The van der Waals surface area contributed by atoms with E-state index in [2.05, 4.69) is 47.1 Å². The van der Waals surface area contributed by atoms with Crippen molar-refractivity contribution >= 4 is 23.6 Å².